The monoisotopic (exact) mass is 365 g/mol. The molecule has 8 heteroatoms. The topological polar surface area (TPSA) is 64.0 Å². The van der Waals surface area contributed by atoms with Crippen LogP contribution >= 0.6 is 11.3 Å². The van der Waals surface area contributed by atoms with E-state index < -0.39 is 10.0 Å². The summed E-state index contributed by atoms with van der Waals surface area (Å²) in [5.41, 5.74) is 2.11. The Labute approximate surface area is 143 Å². The number of anilines is 1. The van der Waals surface area contributed by atoms with Crippen molar-refractivity contribution in [3.63, 3.8) is 0 Å². The average Bonchev–Trinajstić information content (AvgIpc) is 3.15. The maximum Gasteiger partial charge on any atom is 0.271 e. The van der Waals surface area contributed by atoms with E-state index in [2.05, 4.69) is 9.82 Å². The Bertz CT molecular complexity index is 963. The van der Waals surface area contributed by atoms with Gasteiger partial charge in [-0.3, -0.25) is 9.40 Å². The van der Waals surface area contributed by atoms with Crippen LogP contribution in [-0.4, -0.2) is 18.2 Å². The summed E-state index contributed by atoms with van der Waals surface area (Å²) >= 11 is 1.14. The fourth-order valence-electron chi connectivity index (χ4n) is 2.39. The molecule has 0 unspecified atom stereocenters. The van der Waals surface area contributed by atoms with Crippen LogP contribution in [0.4, 0.5) is 10.1 Å². The Hall–Kier alpha value is -2.19. The summed E-state index contributed by atoms with van der Waals surface area (Å²) in [5, 5.41) is 6.04. The molecule has 3 aromatic rings. The van der Waals surface area contributed by atoms with Crippen molar-refractivity contribution >= 4 is 27.0 Å². The SMILES string of the molecule is Cc1nn(Cc2ccccc2F)c(C)c1NS(=O)(=O)c1cccs1. The number of hydrogen-bond acceptors (Lipinski definition) is 4. The van der Waals surface area contributed by atoms with Crippen molar-refractivity contribution in [2.45, 2.75) is 24.6 Å². The van der Waals surface area contributed by atoms with Crippen LogP contribution in [0.1, 0.15) is 17.0 Å². The van der Waals surface area contributed by atoms with Crippen LogP contribution in [0.25, 0.3) is 0 Å². The van der Waals surface area contributed by atoms with Gasteiger partial charge in [-0.15, -0.1) is 11.3 Å². The lowest BCUT2D eigenvalue weighted by Gasteiger charge is -2.08. The van der Waals surface area contributed by atoms with Gasteiger partial charge in [0.05, 0.1) is 23.6 Å². The number of nitrogens with one attached hydrogen (secondary N) is 1. The number of halogens is 1. The minimum Gasteiger partial charge on any atom is -0.275 e. The van der Waals surface area contributed by atoms with Crippen molar-refractivity contribution in [1.29, 1.82) is 0 Å². The van der Waals surface area contributed by atoms with Gasteiger partial charge >= 0.3 is 0 Å². The molecule has 0 aliphatic carbocycles. The van der Waals surface area contributed by atoms with E-state index in [-0.39, 0.29) is 16.6 Å². The highest BCUT2D eigenvalue weighted by Crippen LogP contribution is 2.26. The average molecular weight is 365 g/mol. The Balaban J connectivity index is 1.92. The van der Waals surface area contributed by atoms with Gasteiger partial charge in [0, 0.05) is 5.56 Å². The third kappa shape index (κ3) is 3.20. The largest absolute Gasteiger partial charge is 0.275 e. The van der Waals surface area contributed by atoms with Gasteiger partial charge in [-0.2, -0.15) is 5.10 Å². The van der Waals surface area contributed by atoms with Gasteiger partial charge in [-0.05, 0) is 31.4 Å². The molecule has 0 atom stereocenters. The number of aromatic nitrogens is 2. The van der Waals surface area contributed by atoms with E-state index in [1.165, 1.54) is 6.07 Å². The number of thiophene rings is 1. The zero-order valence-corrected chi connectivity index (χ0v) is 14.8. The van der Waals surface area contributed by atoms with Crippen molar-refractivity contribution in [3.05, 3.63) is 64.5 Å². The predicted octanol–water partition coefficient (Wildman–Crippen LogP) is 3.55. The van der Waals surface area contributed by atoms with Gasteiger partial charge in [0.15, 0.2) is 0 Å². The quantitative estimate of drug-likeness (QED) is 0.752. The third-order valence-electron chi connectivity index (χ3n) is 3.66. The molecule has 2 aromatic heterocycles. The predicted molar refractivity (Wildman–Crippen MR) is 92.3 cm³/mol. The van der Waals surface area contributed by atoms with E-state index >= 15 is 0 Å². The van der Waals surface area contributed by atoms with Gasteiger partial charge in [0.25, 0.3) is 10.0 Å². The minimum atomic E-state index is -3.64. The second kappa shape index (κ2) is 6.37. The first-order chi connectivity index (χ1) is 11.4. The van der Waals surface area contributed by atoms with Crippen LogP contribution in [-0.2, 0) is 16.6 Å². The Morgan fingerprint density at radius 2 is 1.96 bits per heavy atom. The summed E-state index contributed by atoms with van der Waals surface area (Å²) in [6.07, 6.45) is 0. The van der Waals surface area contributed by atoms with Gasteiger partial charge in [-0.1, -0.05) is 24.3 Å². The third-order valence-corrected chi connectivity index (χ3v) is 6.40. The molecule has 2 heterocycles. The highest BCUT2D eigenvalue weighted by atomic mass is 32.2. The second-order valence-electron chi connectivity index (χ2n) is 5.33. The zero-order valence-electron chi connectivity index (χ0n) is 13.2. The number of aryl methyl sites for hydroxylation is 1. The summed E-state index contributed by atoms with van der Waals surface area (Å²) < 4.78 is 43.0. The van der Waals surface area contributed by atoms with E-state index in [1.807, 2.05) is 0 Å². The standard InChI is InChI=1S/C16H16FN3O2S2/c1-11-16(19-24(21,22)15-8-5-9-23-15)12(2)20(18-11)10-13-6-3-4-7-14(13)17/h3-9,19H,10H2,1-2H3. The van der Waals surface area contributed by atoms with Crippen LogP contribution in [0.3, 0.4) is 0 Å². The molecule has 24 heavy (non-hydrogen) atoms. The molecule has 0 fully saturated rings. The first kappa shape index (κ1) is 16.7. The molecule has 1 aromatic carbocycles. The minimum absolute atomic E-state index is 0.236. The Morgan fingerprint density at radius 3 is 2.62 bits per heavy atom. The van der Waals surface area contributed by atoms with E-state index in [4.69, 9.17) is 0 Å². The molecule has 0 saturated carbocycles. The molecule has 0 saturated heterocycles. The number of benzene rings is 1. The van der Waals surface area contributed by atoms with Crippen molar-refractivity contribution < 1.29 is 12.8 Å². The van der Waals surface area contributed by atoms with E-state index in [0.29, 0.717) is 22.6 Å². The molecule has 3 rings (SSSR count). The summed E-state index contributed by atoms with van der Waals surface area (Å²) in [6, 6.07) is 9.68. The van der Waals surface area contributed by atoms with Crippen LogP contribution in [0.2, 0.25) is 0 Å². The second-order valence-corrected chi connectivity index (χ2v) is 8.19. The maximum absolute atomic E-state index is 13.8. The molecule has 0 bridgehead atoms. The number of sulfonamides is 1. The summed E-state index contributed by atoms with van der Waals surface area (Å²) in [7, 11) is -3.64. The van der Waals surface area contributed by atoms with E-state index in [0.717, 1.165) is 11.3 Å². The molecule has 0 aliphatic rings. The number of rotatable bonds is 5. The Kier molecular flexibility index (Phi) is 4.42. The molecule has 5 nitrogen and oxygen atoms in total. The lowest BCUT2D eigenvalue weighted by molar-refractivity contribution is 0.579. The van der Waals surface area contributed by atoms with Gasteiger partial charge in [0.2, 0.25) is 0 Å². The Morgan fingerprint density at radius 1 is 1.21 bits per heavy atom. The maximum atomic E-state index is 13.8. The highest BCUT2D eigenvalue weighted by molar-refractivity contribution is 7.94. The molecule has 0 amide bonds. The summed E-state index contributed by atoms with van der Waals surface area (Å²) in [4.78, 5) is 0. The van der Waals surface area contributed by atoms with Gasteiger partial charge < -0.3 is 0 Å². The van der Waals surface area contributed by atoms with E-state index in [1.54, 1.807) is 54.2 Å². The fourth-order valence-corrected chi connectivity index (χ4v) is 4.56. The lowest BCUT2D eigenvalue weighted by Crippen LogP contribution is -2.13. The van der Waals surface area contributed by atoms with Crippen molar-refractivity contribution in [3.8, 4) is 0 Å². The number of nitrogens with zero attached hydrogens (tertiary/aromatic N) is 2. The van der Waals surface area contributed by atoms with Crippen LogP contribution in [0.5, 0.6) is 0 Å². The first-order valence-corrected chi connectivity index (χ1v) is 9.58. The fraction of sp³-hybridized carbons (Fsp3) is 0.188. The molecule has 0 radical (unpaired) electrons. The molecule has 0 spiro atoms. The molecule has 1 N–H and O–H groups in total. The molecule has 0 aliphatic heterocycles. The molecular weight excluding hydrogens is 349 g/mol. The summed E-state index contributed by atoms with van der Waals surface area (Å²) in [5.74, 6) is -0.314. The van der Waals surface area contributed by atoms with Gasteiger partial charge in [-0.25, -0.2) is 12.8 Å². The summed E-state index contributed by atoms with van der Waals surface area (Å²) in [6.45, 7) is 3.71. The highest BCUT2D eigenvalue weighted by Gasteiger charge is 2.21. The van der Waals surface area contributed by atoms with Crippen LogP contribution in [0, 0.1) is 19.7 Å². The zero-order chi connectivity index (χ0) is 17.3. The molecule has 126 valence electrons. The lowest BCUT2D eigenvalue weighted by atomic mass is 10.2. The van der Waals surface area contributed by atoms with Crippen molar-refractivity contribution in [2.75, 3.05) is 4.72 Å². The smallest absolute Gasteiger partial charge is 0.271 e. The number of hydrogen-bond donors (Lipinski definition) is 1. The van der Waals surface area contributed by atoms with Crippen molar-refractivity contribution in [1.82, 2.24) is 9.78 Å². The van der Waals surface area contributed by atoms with Gasteiger partial charge in [0.1, 0.15) is 10.0 Å². The van der Waals surface area contributed by atoms with Crippen LogP contribution < -0.4 is 4.72 Å². The van der Waals surface area contributed by atoms with Crippen LogP contribution in [0.15, 0.2) is 46.0 Å². The van der Waals surface area contributed by atoms with Crippen molar-refractivity contribution in [2.24, 2.45) is 0 Å². The first-order valence-electron chi connectivity index (χ1n) is 7.22. The molecular formula is C16H16FN3O2S2. The van der Waals surface area contributed by atoms with E-state index in [9.17, 15) is 12.8 Å². The normalized spacial score (nSPS) is 11.6.